The minimum Gasteiger partial charge on any atom is -0.483 e. The summed E-state index contributed by atoms with van der Waals surface area (Å²) in [5, 5.41) is 3.46. The third-order valence-electron chi connectivity index (χ3n) is 4.99. The van der Waals surface area contributed by atoms with Gasteiger partial charge in [-0.25, -0.2) is 0 Å². The van der Waals surface area contributed by atoms with E-state index in [1.165, 1.54) is 4.90 Å². The van der Waals surface area contributed by atoms with Crippen molar-refractivity contribution >= 4 is 23.4 Å². The van der Waals surface area contributed by atoms with Gasteiger partial charge in [-0.15, -0.1) is 0 Å². The van der Waals surface area contributed by atoms with Crippen LogP contribution in [0.15, 0.2) is 42.5 Å². The molecule has 0 bridgehead atoms. The molecule has 2 rings (SSSR count). The minimum atomic E-state index is -0.646. The number of hydrogen-bond donors (Lipinski definition) is 1. The number of nitrogens with one attached hydrogen (secondary N) is 1. The molecule has 0 heterocycles. The van der Waals surface area contributed by atoms with E-state index in [0.29, 0.717) is 17.3 Å². The fraction of sp³-hybridized carbons (Fsp3) is 0.417. The fourth-order valence-electron chi connectivity index (χ4n) is 3.01. The van der Waals surface area contributed by atoms with E-state index in [-0.39, 0.29) is 25.0 Å². The molecular formula is C24H31ClN2O3. The van der Waals surface area contributed by atoms with Crippen LogP contribution >= 0.6 is 11.6 Å². The fourth-order valence-corrected chi connectivity index (χ4v) is 3.21. The van der Waals surface area contributed by atoms with Crippen molar-refractivity contribution in [3.05, 3.63) is 64.2 Å². The molecule has 6 heteroatoms. The summed E-state index contributed by atoms with van der Waals surface area (Å²) in [5.41, 5.74) is 2.79. The summed E-state index contributed by atoms with van der Waals surface area (Å²) in [6, 6.07) is 12.5. The zero-order valence-corrected chi connectivity index (χ0v) is 19.0. The Morgan fingerprint density at radius 3 is 2.60 bits per heavy atom. The number of nitrogens with zero attached hydrogens (tertiary/aromatic N) is 1. The standard InChI is InChI=1S/C24H31ClN2O3/c1-5-6-13-26-24(29)19(4)27(15-20-9-7-8-10-21(20)25)23(28)16-30-22-14-17(2)11-12-18(22)3/h7-12,14,19H,5-6,13,15-16H2,1-4H3,(H,26,29). The van der Waals surface area contributed by atoms with E-state index >= 15 is 0 Å². The number of amides is 2. The molecule has 0 spiro atoms. The van der Waals surface area contributed by atoms with Crippen LogP contribution in [0, 0.1) is 13.8 Å². The van der Waals surface area contributed by atoms with Crippen LogP contribution in [0.3, 0.4) is 0 Å². The minimum absolute atomic E-state index is 0.151. The predicted molar refractivity (Wildman–Crippen MR) is 121 cm³/mol. The molecule has 2 aromatic carbocycles. The molecule has 0 aliphatic carbocycles. The Kier molecular flexibility index (Phi) is 9.18. The normalized spacial score (nSPS) is 11.6. The monoisotopic (exact) mass is 430 g/mol. The quantitative estimate of drug-likeness (QED) is 0.557. The number of hydrogen-bond acceptors (Lipinski definition) is 3. The summed E-state index contributed by atoms with van der Waals surface area (Å²) >= 11 is 6.30. The number of ether oxygens (including phenoxy) is 1. The molecule has 0 aromatic heterocycles. The Bertz CT molecular complexity index is 869. The molecule has 1 atom stereocenters. The molecule has 0 saturated heterocycles. The third-order valence-corrected chi connectivity index (χ3v) is 5.36. The van der Waals surface area contributed by atoms with Crippen LogP contribution in [0.2, 0.25) is 5.02 Å². The highest BCUT2D eigenvalue weighted by atomic mass is 35.5. The lowest BCUT2D eigenvalue weighted by molar-refractivity contribution is -0.142. The van der Waals surface area contributed by atoms with E-state index < -0.39 is 6.04 Å². The van der Waals surface area contributed by atoms with Gasteiger partial charge in [0.15, 0.2) is 6.61 Å². The molecule has 2 amide bonds. The first-order chi connectivity index (χ1) is 14.3. The van der Waals surface area contributed by atoms with Gasteiger partial charge in [-0.2, -0.15) is 0 Å². The summed E-state index contributed by atoms with van der Waals surface area (Å²) in [5.74, 6) is 0.214. The van der Waals surface area contributed by atoms with Crippen molar-refractivity contribution < 1.29 is 14.3 Å². The van der Waals surface area contributed by atoms with Crippen molar-refractivity contribution in [1.29, 1.82) is 0 Å². The SMILES string of the molecule is CCCCNC(=O)C(C)N(Cc1ccccc1Cl)C(=O)COc1cc(C)ccc1C. The van der Waals surface area contributed by atoms with E-state index in [1.54, 1.807) is 13.0 Å². The number of aryl methyl sites for hydroxylation is 2. The van der Waals surface area contributed by atoms with Gasteiger partial charge in [0.2, 0.25) is 5.91 Å². The van der Waals surface area contributed by atoms with Gasteiger partial charge >= 0.3 is 0 Å². The zero-order chi connectivity index (χ0) is 22.1. The molecular weight excluding hydrogens is 400 g/mol. The van der Waals surface area contributed by atoms with Crippen LogP contribution in [-0.4, -0.2) is 35.9 Å². The Hall–Kier alpha value is -2.53. The molecule has 0 saturated carbocycles. The molecule has 0 aliphatic rings. The molecule has 30 heavy (non-hydrogen) atoms. The van der Waals surface area contributed by atoms with Crippen LogP contribution in [0.4, 0.5) is 0 Å². The first-order valence-corrected chi connectivity index (χ1v) is 10.7. The summed E-state index contributed by atoms with van der Waals surface area (Å²) in [7, 11) is 0. The molecule has 0 aliphatic heterocycles. The van der Waals surface area contributed by atoms with Crippen molar-refractivity contribution in [3.63, 3.8) is 0 Å². The van der Waals surface area contributed by atoms with Crippen LogP contribution in [0.5, 0.6) is 5.75 Å². The molecule has 162 valence electrons. The van der Waals surface area contributed by atoms with E-state index in [0.717, 1.165) is 29.5 Å². The highest BCUT2D eigenvalue weighted by molar-refractivity contribution is 6.31. The number of unbranched alkanes of at least 4 members (excludes halogenated alkanes) is 1. The van der Waals surface area contributed by atoms with Gasteiger partial charge in [0, 0.05) is 18.1 Å². The van der Waals surface area contributed by atoms with Gasteiger partial charge in [0.25, 0.3) is 5.91 Å². The second-order valence-electron chi connectivity index (χ2n) is 7.49. The van der Waals surface area contributed by atoms with Crippen molar-refractivity contribution in [2.45, 2.75) is 53.1 Å². The second kappa shape index (κ2) is 11.6. The smallest absolute Gasteiger partial charge is 0.261 e. The Balaban J connectivity index is 2.16. The van der Waals surface area contributed by atoms with Gasteiger partial charge in [-0.1, -0.05) is 55.3 Å². The number of rotatable bonds is 10. The molecule has 2 aromatic rings. The maximum Gasteiger partial charge on any atom is 0.261 e. The van der Waals surface area contributed by atoms with E-state index in [2.05, 4.69) is 12.2 Å². The molecule has 1 unspecified atom stereocenters. The number of benzene rings is 2. The molecule has 0 fully saturated rings. The van der Waals surface area contributed by atoms with Crippen molar-refractivity contribution in [2.75, 3.05) is 13.2 Å². The first kappa shape index (κ1) is 23.7. The largest absolute Gasteiger partial charge is 0.483 e. The summed E-state index contributed by atoms with van der Waals surface area (Å²) in [6.07, 6.45) is 1.88. The highest BCUT2D eigenvalue weighted by Gasteiger charge is 2.27. The van der Waals surface area contributed by atoms with E-state index in [1.807, 2.05) is 50.2 Å². The zero-order valence-electron chi connectivity index (χ0n) is 18.2. The number of carbonyl (C=O) groups excluding carboxylic acids is 2. The van der Waals surface area contributed by atoms with E-state index in [4.69, 9.17) is 16.3 Å². The van der Waals surface area contributed by atoms with Crippen molar-refractivity contribution in [3.8, 4) is 5.75 Å². The van der Waals surface area contributed by atoms with Gasteiger partial charge in [0.1, 0.15) is 11.8 Å². The maximum atomic E-state index is 13.1. The lowest BCUT2D eigenvalue weighted by Crippen LogP contribution is -2.49. The molecule has 1 N–H and O–H groups in total. The van der Waals surface area contributed by atoms with Crippen molar-refractivity contribution in [1.82, 2.24) is 10.2 Å². The Morgan fingerprint density at radius 2 is 1.90 bits per heavy atom. The maximum absolute atomic E-state index is 13.1. The number of halogens is 1. The van der Waals surface area contributed by atoms with Crippen LogP contribution in [-0.2, 0) is 16.1 Å². The van der Waals surface area contributed by atoms with Gasteiger partial charge < -0.3 is 15.0 Å². The first-order valence-electron chi connectivity index (χ1n) is 10.3. The van der Waals surface area contributed by atoms with Crippen LogP contribution < -0.4 is 10.1 Å². The summed E-state index contributed by atoms with van der Waals surface area (Å²) < 4.78 is 5.80. The van der Waals surface area contributed by atoms with Gasteiger partial charge in [-0.05, 0) is 56.0 Å². The highest BCUT2D eigenvalue weighted by Crippen LogP contribution is 2.21. The topological polar surface area (TPSA) is 58.6 Å². The molecule has 0 radical (unpaired) electrons. The Morgan fingerprint density at radius 1 is 1.17 bits per heavy atom. The van der Waals surface area contributed by atoms with Crippen LogP contribution in [0.1, 0.15) is 43.4 Å². The lowest BCUT2D eigenvalue weighted by atomic mass is 10.1. The lowest BCUT2D eigenvalue weighted by Gasteiger charge is -2.29. The summed E-state index contributed by atoms with van der Waals surface area (Å²) in [4.78, 5) is 27.2. The average molecular weight is 431 g/mol. The second-order valence-corrected chi connectivity index (χ2v) is 7.90. The number of carbonyl (C=O) groups is 2. The average Bonchev–Trinajstić information content (AvgIpc) is 2.73. The van der Waals surface area contributed by atoms with Crippen LogP contribution in [0.25, 0.3) is 0 Å². The third kappa shape index (κ3) is 6.77. The molecule has 5 nitrogen and oxygen atoms in total. The van der Waals surface area contributed by atoms with E-state index in [9.17, 15) is 9.59 Å². The van der Waals surface area contributed by atoms with Crippen molar-refractivity contribution in [2.24, 2.45) is 0 Å². The van der Waals surface area contributed by atoms with Gasteiger partial charge in [-0.3, -0.25) is 9.59 Å². The Labute approximate surface area is 184 Å². The van der Waals surface area contributed by atoms with Gasteiger partial charge in [0.05, 0.1) is 0 Å². The summed E-state index contributed by atoms with van der Waals surface area (Å²) in [6.45, 7) is 8.37. The predicted octanol–water partition coefficient (Wildman–Crippen LogP) is 4.67.